The molecule has 2 heterocycles. The van der Waals surface area contributed by atoms with E-state index in [2.05, 4.69) is 34.0 Å². The quantitative estimate of drug-likeness (QED) is 0.637. The highest BCUT2D eigenvalue weighted by Gasteiger charge is 2.31. The van der Waals surface area contributed by atoms with Crippen LogP contribution in [0.25, 0.3) is 0 Å². The van der Waals surface area contributed by atoms with Crippen LogP contribution in [0.3, 0.4) is 0 Å². The molecule has 2 aromatic rings. The third-order valence-corrected chi connectivity index (χ3v) is 6.05. The highest BCUT2D eigenvalue weighted by molar-refractivity contribution is 5.96. The molecule has 0 bridgehead atoms. The van der Waals surface area contributed by atoms with Crippen LogP contribution in [0.2, 0.25) is 0 Å². The average molecular weight is 443 g/mol. The summed E-state index contributed by atoms with van der Waals surface area (Å²) in [5.41, 5.74) is 6.27. The van der Waals surface area contributed by atoms with E-state index in [0.717, 1.165) is 38.0 Å². The smallest absolute Gasteiger partial charge is 0.330 e. The molecule has 1 fully saturated rings. The molecule has 1 atom stereocenters. The number of likely N-dealkylation sites (N-methyl/N-ethyl adjacent to an activating group) is 2. The Bertz CT molecular complexity index is 1030. The Balaban J connectivity index is 1.89. The summed E-state index contributed by atoms with van der Waals surface area (Å²) in [7, 11) is 2.08. The minimum absolute atomic E-state index is 0.0420. The monoisotopic (exact) mass is 442 g/mol. The van der Waals surface area contributed by atoms with E-state index in [1.165, 1.54) is 9.47 Å². The summed E-state index contributed by atoms with van der Waals surface area (Å²) in [6.07, 6.45) is 1.62. The second-order valence-corrected chi connectivity index (χ2v) is 8.30. The van der Waals surface area contributed by atoms with Gasteiger partial charge in [0, 0.05) is 38.8 Å². The molecule has 3 rings (SSSR count). The summed E-state index contributed by atoms with van der Waals surface area (Å²) in [6.45, 7) is 7.05. The Kier molecular flexibility index (Phi) is 7.87. The van der Waals surface area contributed by atoms with Crippen molar-refractivity contribution in [2.45, 2.75) is 39.3 Å². The number of carbonyl (C=O) groups excluding carboxylic acids is 1. The molecule has 1 saturated heterocycles. The van der Waals surface area contributed by atoms with Crippen LogP contribution in [0.1, 0.15) is 38.3 Å². The fourth-order valence-corrected chi connectivity index (χ4v) is 4.23. The summed E-state index contributed by atoms with van der Waals surface area (Å²) in [6, 6.07) is 10.2. The molecule has 0 saturated carbocycles. The maximum absolute atomic E-state index is 13.4. The van der Waals surface area contributed by atoms with E-state index in [-0.39, 0.29) is 36.5 Å². The zero-order valence-corrected chi connectivity index (χ0v) is 19.2. The number of aromatic nitrogens is 2. The van der Waals surface area contributed by atoms with E-state index in [0.29, 0.717) is 6.54 Å². The highest BCUT2D eigenvalue weighted by atomic mass is 16.2. The molecule has 32 heavy (non-hydrogen) atoms. The fraction of sp³-hybridized carbons (Fsp3) is 0.522. The number of unbranched alkanes of at least 4 members (excludes halogenated alkanes) is 1. The lowest BCUT2D eigenvalue weighted by atomic mass is 10.0. The van der Waals surface area contributed by atoms with Crippen molar-refractivity contribution in [1.82, 2.24) is 19.4 Å². The van der Waals surface area contributed by atoms with Gasteiger partial charge in [0.15, 0.2) is 5.69 Å². The van der Waals surface area contributed by atoms with Crippen molar-refractivity contribution in [2.75, 3.05) is 50.4 Å². The van der Waals surface area contributed by atoms with E-state index in [9.17, 15) is 14.4 Å². The van der Waals surface area contributed by atoms with Crippen LogP contribution in [0.4, 0.5) is 11.5 Å². The first-order valence-corrected chi connectivity index (χ1v) is 11.3. The summed E-state index contributed by atoms with van der Waals surface area (Å²) in [5.74, 6) is -0.170. The van der Waals surface area contributed by atoms with Crippen LogP contribution >= 0.6 is 0 Å². The number of aromatic amines is 1. The van der Waals surface area contributed by atoms with Gasteiger partial charge in [-0.2, -0.15) is 0 Å². The van der Waals surface area contributed by atoms with Gasteiger partial charge in [0.25, 0.3) is 5.56 Å². The van der Waals surface area contributed by atoms with Crippen molar-refractivity contribution >= 4 is 17.4 Å². The number of hydrogen-bond donors (Lipinski definition) is 2. The van der Waals surface area contributed by atoms with Crippen LogP contribution in [0.15, 0.2) is 39.9 Å². The van der Waals surface area contributed by atoms with E-state index in [1.807, 2.05) is 25.1 Å². The molecular weight excluding hydrogens is 408 g/mol. The molecule has 3 N–H and O–H groups in total. The van der Waals surface area contributed by atoms with E-state index < -0.39 is 11.2 Å². The topological polar surface area (TPSA) is 108 Å². The first kappa shape index (κ1) is 23.7. The largest absolute Gasteiger partial charge is 0.383 e. The van der Waals surface area contributed by atoms with E-state index in [4.69, 9.17) is 5.73 Å². The van der Waals surface area contributed by atoms with Crippen molar-refractivity contribution in [3.05, 3.63) is 56.7 Å². The van der Waals surface area contributed by atoms with Gasteiger partial charge in [-0.05, 0) is 26.0 Å². The van der Waals surface area contributed by atoms with Crippen molar-refractivity contribution in [1.29, 1.82) is 0 Å². The molecule has 0 radical (unpaired) electrons. The molecule has 1 unspecified atom stereocenters. The number of anilines is 2. The lowest BCUT2D eigenvalue weighted by molar-refractivity contribution is -0.121. The van der Waals surface area contributed by atoms with Gasteiger partial charge in [-0.25, -0.2) is 4.79 Å². The van der Waals surface area contributed by atoms with E-state index in [1.54, 1.807) is 6.92 Å². The van der Waals surface area contributed by atoms with Crippen molar-refractivity contribution in [2.24, 2.45) is 0 Å². The van der Waals surface area contributed by atoms with E-state index >= 15 is 0 Å². The second-order valence-electron chi connectivity index (χ2n) is 8.30. The molecule has 1 aliphatic rings. The number of rotatable bonds is 8. The number of nitrogen functional groups attached to an aromatic ring is 1. The maximum atomic E-state index is 13.4. The molecule has 1 aliphatic heterocycles. The SMILES string of the molecule is CCCCn1c(N)c(N(CC)C(=O)CN2CCN(C)CC2c2ccccc2)c(=O)[nH]c1=O. The van der Waals surface area contributed by atoms with Crippen LogP contribution in [0, 0.1) is 0 Å². The van der Waals surface area contributed by atoms with Crippen molar-refractivity contribution in [3.63, 3.8) is 0 Å². The fourth-order valence-electron chi connectivity index (χ4n) is 4.23. The zero-order chi connectivity index (χ0) is 23.3. The van der Waals surface area contributed by atoms with Crippen molar-refractivity contribution in [3.8, 4) is 0 Å². The lowest BCUT2D eigenvalue weighted by Crippen LogP contribution is -2.51. The van der Waals surface area contributed by atoms with Gasteiger partial charge in [0.05, 0.1) is 6.54 Å². The van der Waals surface area contributed by atoms with Gasteiger partial charge in [-0.15, -0.1) is 0 Å². The number of carbonyl (C=O) groups is 1. The number of hydrogen-bond acceptors (Lipinski definition) is 6. The van der Waals surface area contributed by atoms with Gasteiger partial charge < -0.3 is 15.5 Å². The standard InChI is InChI=1S/C23H34N6O3/c1-4-6-12-29-21(24)20(22(31)25-23(29)32)28(5-2)19(30)16-27-14-13-26(3)15-18(27)17-10-8-7-9-11-17/h7-11,18H,4-6,12-16,24H2,1-3H3,(H,25,31,32). The molecular formula is C23H34N6O3. The molecule has 9 heteroatoms. The number of H-pyrrole nitrogens is 1. The number of piperazine rings is 1. The van der Waals surface area contributed by atoms with Crippen LogP contribution in [-0.4, -0.2) is 65.0 Å². The molecule has 174 valence electrons. The molecule has 1 aromatic heterocycles. The van der Waals surface area contributed by atoms with Gasteiger partial charge in [-0.1, -0.05) is 43.7 Å². The maximum Gasteiger partial charge on any atom is 0.330 e. The predicted molar refractivity (Wildman–Crippen MR) is 127 cm³/mol. The Morgan fingerprint density at radius 1 is 1.19 bits per heavy atom. The molecule has 1 amide bonds. The number of nitrogens with one attached hydrogen (secondary N) is 1. The summed E-state index contributed by atoms with van der Waals surface area (Å²) < 4.78 is 1.35. The minimum Gasteiger partial charge on any atom is -0.383 e. The van der Waals surface area contributed by atoms with Gasteiger partial charge in [-0.3, -0.25) is 24.0 Å². The van der Waals surface area contributed by atoms with Gasteiger partial charge in [0.1, 0.15) is 5.82 Å². The molecule has 0 spiro atoms. The normalized spacial score (nSPS) is 17.4. The Hall–Kier alpha value is -2.91. The molecule has 9 nitrogen and oxygen atoms in total. The Labute approximate surface area is 188 Å². The highest BCUT2D eigenvalue weighted by Crippen LogP contribution is 2.25. The van der Waals surface area contributed by atoms with Crippen LogP contribution in [0.5, 0.6) is 0 Å². The first-order chi connectivity index (χ1) is 15.4. The third kappa shape index (κ3) is 5.11. The number of benzene rings is 1. The molecule has 1 aromatic carbocycles. The van der Waals surface area contributed by atoms with Gasteiger partial charge >= 0.3 is 5.69 Å². The first-order valence-electron chi connectivity index (χ1n) is 11.3. The number of amides is 1. The van der Waals surface area contributed by atoms with Crippen molar-refractivity contribution < 1.29 is 4.79 Å². The number of nitrogens with zero attached hydrogens (tertiary/aromatic N) is 4. The van der Waals surface area contributed by atoms with Gasteiger partial charge in [0.2, 0.25) is 5.91 Å². The average Bonchev–Trinajstić information content (AvgIpc) is 2.78. The minimum atomic E-state index is -0.631. The summed E-state index contributed by atoms with van der Waals surface area (Å²) in [5, 5.41) is 0. The Morgan fingerprint density at radius 2 is 1.91 bits per heavy atom. The Morgan fingerprint density at radius 3 is 2.56 bits per heavy atom. The predicted octanol–water partition coefficient (Wildman–Crippen LogP) is 1.26. The second kappa shape index (κ2) is 10.6. The summed E-state index contributed by atoms with van der Waals surface area (Å²) >= 11 is 0. The van der Waals surface area contributed by atoms with Crippen LogP contribution < -0.4 is 21.9 Å². The van der Waals surface area contributed by atoms with Crippen LogP contribution in [-0.2, 0) is 11.3 Å². The molecule has 0 aliphatic carbocycles. The number of nitrogens with two attached hydrogens (primary N) is 1. The lowest BCUT2D eigenvalue weighted by Gasteiger charge is -2.40. The zero-order valence-electron chi connectivity index (χ0n) is 19.2. The third-order valence-electron chi connectivity index (χ3n) is 6.05. The summed E-state index contributed by atoms with van der Waals surface area (Å²) in [4.78, 5) is 46.4.